The maximum atomic E-state index is 15.0. The Morgan fingerprint density at radius 3 is 2.42 bits per heavy atom. The molecule has 4 aromatic rings. The van der Waals surface area contributed by atoms with Crippen LogP contribution in [0.1, 0.15) is 30.8 Å². The molecule has 0 saturated carbocycles. The van der Waals surface area contributed by atoms with Crippen LogP contribution in [-0.4, -0.2) is 73.2 Å². The summed E-state index contributed by atoms with van der Waals surface area (Å²) >= 11 is 0. The van der Waals surface area contributed by atoms with Crippen LogP contribution in [0.4, 0.5) is 33.7 Å². The largest absolute Gasteiger partial charge is 0.409 e. The lowest BCUT2D eigenvalue weighted by atomic mass is 10.1. The van der Waals surface area contributed by atoms with Crippen molar-refractivity contribution in [3.63, 3.8) is 0 Å². The molecule has 8 nitrogen and oxygen atoms in total. The Balaban J connectivity index is 1.23. The second-order valence-electron chi connectivity index (χ2n) is 10.1. The fraction of sp³-hybridized carbons (Fsp3) is 0.407. The third-order valence-electron chi connectivity index (χ3n) is 7.55. The van der Waals surface area contributed by atoms with Crippen LogP contribution >= 0.6 is 0 Å². The van der Waals surface area contributed by atoms with Crippen molar-refractivity contribution in [3.8, 4) is 11.3 Å². The van der Waals surface area contributed by atoms with Gasteiger partial charge in [0.25, 0.3) is 0 Å². The van der Waals surface area contributed by atoms with E-state index in [-0.39, 0.29) is 46.9 Å². The first-order chi connectivity index (χ1) is 19.2. The average molecular weight is 559 g/mol. The number of likely N-dealkylation sites (N-methyl/N-ethyl adjacent to an activating group) is 1. The van der Waals surface area contributed by atoms with Crippen LogP contribution in [0.5, 0.6) is 0 Å². The molecule has 0 bridgehead atoms. The molecule has 0 spiro atoms. The number of aryl methyl sites for hydroxylation is 1. The standard InChI is InChI=1S/C27H27F5N8/c1-2-38-7-9-39(10-8-38)15-16-3-5-22(33-13-16)35-26-34-14-19(29)24(37-26)17-11-18(28)25-20(12-17)40-21(27(30,31)32)4-6-23(40)36-25/h3,5,11-14,21H,2,4,6-10,15H2,1H3,(H,33,34,35,37)/t21-/m0/s1. The van der Waals surface area contributed by atoms with Crippen LogP contribution in [0, 0.1) is 11.6 Å². The van der Waals surface area contributed by atoms with Gasteiger partial charge >= 0.3 is 6.18 Å². The predicted octanol–water partition coefficient (Wildman–Crippen LogP) is 5.10. The van der Waals surface area contributed by atoms with Gasteiger partial charge in [0.15, 0.2) is 11.6 Å². The summed E-state index contributed by atoms with van der Waals surface area (Å²) in [6.07, 6.45) is -1.94. The molecule has 5 heterocycles. The zero-order valence-corrected chi connectivity index (χ0v) is 21.7. The van der Waals surface area contributed by atoms with Crippen molar-refractivity contribution < 1.29 is 22.0 Å². The summed E-state index contributed by atoms with van der Waals surface area (Å²) in [5.74, 6) is -1.10. The smallest absolute Gasteiger partial charge is 0.316 e. The summed E-state index contributed by atoms with van der Waals surface area (Å²) < 4.78 is 71.7. The van der Waals surface area contributed by atoms with E-state index in [9.17, 15) is 22.0 Å². The van der Waals surface area contributed by atoms with E-state index in [1.165, 1.54) is 6.07 Å². The zero-order valence-electron chi connectivity index (χ0n) is 21.7. The number of nitrogens with one attached hydrogen (secondary N) is 1. The number of aromatic nitrogens is 5. The minimum atomic E-state index is -4.52. The number of hydrogen-bond acceptors (Lipinski definition) is 7. The predicted molar refractivity (Wildman–Crippen MR) is 139 cm³/mol. The van der Waals surface area contributed by atoms with Gasteiger partial charge in [-0.2, -0.15) is 13.2 Å². The molecule has 0 unspecified atom stereocenters. The van der Waals surface area contributed by atoms with Gasteiger partial charge in [-0.05, 0) is 36.7 Å². The Labute approximate surface area is 226 Å². The van der Waals surface area contributed by atoms with E-state index in [0.717, 1.165) is 61.7 Å². The van der Waals surface area contributed by atoms with Gasteiger partial charge in [-0.3, -0.25) is 4.90 Å². The first-order valence-corrected chi connectivity index (χ1v) is 13.2. The number of halogens is 5. The van der Waals surface area contributed by atoms with E-state index >= 15 is 0 Å². The van der Waals surface area contributed by atoms with Crippen LogP contribution in [0.3, 0.4) is 0 Å². The summed E-state index contributed by atoms with van der Waals surface area (Å²) in [5, 5.41) is 2.92. The highest BCUT2D eigenvalue weighted by molar-refractivity contribution is 5.83. The van der Waals surface area contributed by atoms with Crippen molar-refractivity contribution in [2.75, 3.05) is 38.0 Å². The molecule has 0 radical (unpaired) electrons. The zero-order chi connectivity index (χ0) is 28.0. The number of fused-ring (bicyclic) bond motifs is 3. The number of alkyl halides is 3. The maximum absolute atomic E-state index is 15.0. The third-order valence-corrected chi connectivity index (χ3v) is 7.55. The molecular weight excluding hydrogens is 531 g/mol. The van der Waals surface area contributed by atoms with E-state index in [1.807, 2.05) is 6.07 Å². The Kier molecular flexibility index (Phi) is 6.87. The number of nitrogens with zero attached hydrogens (tertiary/aromatic N) is 7. The van der Waals surface area contributed by atoms with Crippen LogP contribution < -0.4 is 5.32 Å². The first kappa shape index (κ1) is 26.5. The number of imidazole rings is 1. The summed E-state index contributed by atoms with van der Waals surface area (Å²) in [7, 11) is 0. The van der Waals surface area contributed by atoms with Crippen LogP contribution in [-0.2, 0) is 13.0 Å². The minimum Gasteiger partial charge on any atom is -0.316 e. The van der Waals surface area contributed by atoms with E-state index in [4.69, 9.17) is 0 Å². The Bertz CT molecular complexity index is 1530. The van der Waals surface area contributed by atoms with E-state index in [1.54, 1.807) is 12.3 Å². The van der Waals surface area contributed by atoms with Gasteiger partial charge in [-0.25, -0.2) is 28.7 Å². The van der Waals surface area contributed by atoms with E-state index in [0.29, 0.717) is 5.82 Å². The second-order valence-corrected chi connectivity index (χ2v) is 10.1. The maximum Gasteiger partial charge on any atom is 0.409 e. The van der Waals surface area contributed by atoms with Gasteiger partial charge in [0.05, 0.1) is 11.7 Å². The van der Waals surface area contributed by atoms with Crippen molar-refractivity contribution in [1.29, 1.82) is 0 Å². The SMILES string of the molecule is CCN1CCN(Cc2ccc(Nc3ncc(F)c(-c4cc(F)c5nc6n(c5c4)[C@H](C(F)(F)F)CC6)n3)nc2)CC1. The number of hydrogen-bond donors (Lipinski definition) is 1. The van der Waals surface area contributed by atoms with E-state index < -0.39 is 23.9 Å². The summed E-state index contributed by atoms with van der Waals surface area (Å²) in [5.41, 5.74) is 0.543. The first-order valence-electron chi connectivity index (χ1n) is 13.2. The van der Waals surface area contributed by atoms with Crippen LogP contribution in [0.2, 0.25) is 0 Å². The lowest BCUT2D eigenvalue weighted by Gasteiger charge is -2.33. The molecule has 0 aliphatic carbocycles. The molecule has 6 rings (SSSR count). The molecule has 210 valence electrons. The summed E-state index contributed by atoms with van der Waals surface area (Å²) in [6, 6.07) is 4.21. The van der Waals surface area contributed by atoms with Gasteiger partial charge in [0.2, 0.25) is 5.95 Å². The van der Waals surface area contributed by atoms with Crippen LogP contribution in [0.15, 0.2) is 36.7 Å². The highest BCUT2D eigenvalue weighted by atomic mass is 19.4. The highest BCUT2D eigenvalue weighted by Crippen LogP contribution is 2.42. The van der Waals surface area contributed by atoms with Gasteiger partial charge in [-0.15, -0.1) is 0 Å². The second kappa shape index (κ2) is 10.4. The van der Waals surface area contributed by atoms with Crippen molar-refractivity contribution in [2.45, 2.75) is 38.5 Å². The highest BCUT2D eigenvalue weighted by Gasteiger charge is 2.45. The van der Waals surface area contributed by atoms with Crippen molar-refractivity contribution >= 4 is 22.8 Å². The van der Waals surface area contributed by atoms with Gasteiger partial charge < -0.3 is 14.8 Å². The van der Waals surface area contributed by atoms with Crippen molar-refractivity contribution in [3.05, 3.63) is 59.7 Å². The average Bonchev–Trinajstić information content (AvgIpc) is 3.52. The molecule has 40 heavy (non-hydrogen) atoms. The fourth-order valence-electron chi connectivity index (χ4n) is 5.42. The normalized spacial score (nSPS) is 18.4. The summed E-state index contributed by atoms with van der Waals surface area (Å²) in [6.45, 7) is 8.05. The molecule has 1 aromatic carbocycles. The summed E-state index contributed by atoms with van der Waals surface area (Å²) in [4.78, 5) is 21.4. The fourth-order valence-corrected chi connectivity index (χ4v) is 5.42. The lowest BCUT2D eigenvalue weighted by molar-refractivity contribution is -0.164. The number of pyridine rings is 1. The Morgan fingerprint density at radius 2 is 1.73 bits per heavy atom. The molecule has 1 fully saturated rings. The Hall–Kier alpha value is -3.71. The lowest BCUT2D eigenvalue weighted by Crippen LogP contribution is -2.45. The molecule has 2 aliphatic rings. The monoisotopic (exact) mass is 558 g/mol. The molecule has 1 saturated heterocycles. The number of benzene rings is 1. The number of rotatable bonds is 6. The number of anilines is 2. The molecule has 13 heteroatoms. The van der Waals surface area contributed by atoms with E-state index in [2.05, 4.69) is 42.0 Å². The van der Waals surface area contributed by atoms with Gasteiger partial charge in [0, 0.05) is 50.9 Å². The molecule has 1 atom stereocenters. The molecule has 2 aliphatic heterocycles. The molecule has 3 aromatic heterocycles. The topological polar surface area (TPSA) is 75.0 Å². The van der Waals surface area contributed by atoms with Crippen LogP contribution in [0.25, 0.3) is 22.3 Å². The van der Waals surface area contributed by atoms with Gasteiger partial charge in [-0.1, -0.05) is 13.0 Å². The molecular formula is C27H27F5N8. The molecule has 0 amide bonds. The molecule has 1 N–H and O–H groups in total. The quantitative estimate of drug-likeness (QED) is 0.330. The third kappa shape index (κ3) is 5.10. The van der Waals surface area contributed by atoms with Crippen molar-refractivity contribution in [1.82, 2.24) is 34.3 Å². The number of piperazine rings is 1. The van der Waals surface area contributed by atoms with Gasteiger partial charge in [0.1, 0.15) is 28.9 Å². The van der Waals surface area contributed by atoms with Crippen molar-refractivity contribution in [2.24, 2.45) is 0 Å². The minimum absolute atomic E-state index is 0.0134. The Morgan fingerprint density at radius 1 is 0.950 bits per heavy atom.